The molecule has 2 fully saturated rings. The molecule has 2 aromatic heterocycles. The van der Waals surface area contributed by atoms with Crippen LogP contribution in [0.3, 0.4) is 0 Å². The maximum Gasteiger partial charge on any atom is 0.259 e. The first-order valence-electron chi connectivity index (χ1n) is 9.97. The second kappa shape index (κ2) is 7.75. The molecule has 9 nitrogen and oxygen atoms in total. The molecule has 4 rings (SSSR count). The number of nitrogens with one attached hydrogen (secondary N) is 2. The minimum atomic E-state index is -0.214. The molecular weight excluding hydrogens is 360 g/mol. The average Bonchev–Trinajstić information content (AvgIpc) is 3.16. The molecule has 0 atom stereocenters. The van der Waals surface area contributed by atoms with E-state index in [2.05, 4.69) is 15.4 Å². The van der Waals surface area contributed by atoms with Crippen molar-refractivity contribution < 1.29 is 9.59 Å². The lowest BCUT2D eigenvalue weighted by molar-refractivity contribution is -0.132. The maximum absolute atomic E-state index is 13.1. The lowest BCUT2D eigenvalue weighted by Crippen LogP contribution is -2.50. The summed E-state index contributed by atoms with van der Waals surface area (Å²) in [5.41, 5.74) is 1.51. The lowest BCUT2D eigenvalue weighted by atomic mass is 9.94. The molecule has 0 saturated carbocycles. The van der Waals surface area contributed by atoms with E-state index in [9.17, 15) is 14.4 Å². The van der Waals surface area contributed by atoms with Crippen molar-refractivity contribution in [2.24, 2.45) is 0 Å². The maximum atomic E-state index is 13.1. The van der Waals surface area contributed by atoms with Gasteiger partial charge in [-0.1, -0.05) is 6.92 Å². The van der Waals surface area contributed by atoms with Gasteiger partial charge in [-0.25, -0.2) is 4.52 Å². The highest BCUT2D eigenvalue weighted by Gasteiger charge is 2.27. The van der Waals surface area contributed by atoms with E-state index < -0.39 is 0 Å². The van der Waals surface area contributed by atoms with Gasteiger partial charge in [-0.3, -0.25) is 14.4 Å². The van der Waals surface area contributed by atoms with Crippen molar-refractivity contribution in [3.8, 4) is 0 Å². The summed E-state index contributed by atoms with van der Waals surface area (Å²) < 4.78 is 1.71. The molecule has 2 amide bonds. The summed E-state index contributed by atoms with van der Waals surface area (Å²) in [5.74, 6) is 0.202. The first-order valence-corrected chi connectivity index (χ1v) is 9.97. The Labute approximate surface area is 162 Å². The highest BCUT2D eigenvalue weighted by Crippen LogP contribution is 2.25. The molecular formula is C19H26N6O3. The topological polar surface area (TPSA) is 103 Å². The fourth-order valence-electron chi connectivity index (χ4n) is 4.13. The predicted octanol–water partition coefficient (Wildman–Crippen LogP) is 0.184. The van der Waals surface area contributed by atoms with Gasteiger partial charge >= 0.3 is 0 Å². The molecule has 0 bridgehead atoms. The molecule has 2 aliphatic rings. The number of hydrogen-bond acceptors (Lipinski definition) is 5. The number of aromatic nitrogens is 3. The lowest BCUT2D eigenvalue weighted by Gasteiger charge is -2.34. The Balaban J connectivity index is 1.59. The van der Waals surface area contributed by atoms with Crippen molar-refractivity contribution in [2.45, 2.75) is 32.1 Å². The number of piperidine rings is 1. The smallest absolute Gasteiger partial charge is 0.259 e. The number of carbonyl (C=O) groups excluding carboxylic acids is 2. The number of hydrogen-bond donors (Lipinski definition) is 2. The van der Waals surface area contributed by atoms with Crippen LogP contribution >= 0.6 is 0 Å². The molecule has 0 unspecified atom stereocenters. The first kappa shape index (κ1) is 18.7. The number of amides is 2. The summed E-state index contributed by atoms with van der Waals surface area (Å²) in [6.07, 6.45) is 3.90. The number of nitrogens with zero attached hydrogens (tertiary/aromatic N) is 4. The first-order chi connectivity index (χ1) is 13.6. The second-order valence-corrected chi connectivity index (χ2v) is 7.43. The van der Waals surface area contributed by atoms with E-state index in [1.807, 2.05) is 6.92 Å². The fraction of sp³-hybridized carbons (Fsp3) is 0.579. The standard InChI is InChI=1S/C19H26N6O3/c1-2-17(27)23-7-9-24(10-8-23)19(28)14-12-21-25-15(11-16(26)22-18(14)25)13-3-5-20-6-4-13/h11-13,20H,2-10H2,1H3,(H,22,26). The Hall–Kier alpha value is -2.68. The molecule has 2 aromatic rings. The second-order valence-electron chi connectivity index (χ2n) is 7.43. The molecule has 0 aromatic carbocycles. The third-order valence-electron chi connectivity index (χ3n) is 5.74. The summed E-state index contributed by atoms with van der Waals surface area (Å²) in [5, 5.41) is 7.75. The van der Waals surface area contributed by atoms with Crippen LogP contribution in [-0.2, 0) is 4.79 Å². The van der Waals surface area contributed by atoms with Crippen molar-refractivity contribution in [2.75, 3.05) is 39.3 Å². The van der Waals surface area contributed by atoms with E-state index in [0.717, 1.165) is 31.6 Å². The number of piperazine rings is 1. The Morgan fingerprint density at radius 2 is 1.82 bits per heavy atom. The average molecular weight is 386 g/mol. The van der Waals surface area contributed by atoms with E-state index in [1.165, 1.54) is 0 Å². The molecule has 0 aliphatic carbocycles. The number of fused-ring (bicyclic) bond motifs is 1. The molecule has 28 heavy (non-hydrogen) atoms. The number of aromatic amines is 1. The third-order valence-corrected chi connectivity index (χ3v) is 5.74. The molecule has 9 heteroatoms. The van der Waals surface area contributed by atoms with Crippen LogP contribution in [0.2, 0.25) is 0 Å². The van der Waals surface area contributed by atoms with Crippen molar-refractivity contribution in [3.63, 3.8) is 0 Å². The number of rotatable bonds is 3. The van der Waals surface area contributed by atoms with E-state index >= 15 is 0 Å². The Morgan fingerprint density at radius 1 is 1.14 bits per heavy atom. The van der Waals surface area contributed by atoms with Gasteiger partial charge in [-0.15, -0.1) is 0 Å². The van der Waals surface area contributed by atoms with Crippen molar-refractivity contribution in [3.05, 3.63) is 33.9 Å². The summed E-state index contributed by atoms with van der Waals surface area (Å²) in [4.78, 5) is 43.5. The van der Waals surface area contributed by atoms with Gasteiger partial charge in [0.2, 0.25) is 5.91 Å². The monoisotopic (exact) mass is 386 g/mol. The predicted molar refractivity (Wildman–Crippen MR) is 103 cm³/mol. The third kappa shape index (κ3) is 3.42. The van der Waals surface area contributed by atoms with Crippen LogP contribution in [0.15, 0.2) is 17.1 Å². The Kier molecular flexibility index (Phi) is 5.17. The largest absolute Gasteiger partial charge is 0.339 e. The normalized spacial score (nSPS) is 18.6. The molecule has 2 aliphatic heterocycles. The molecule has 2 N–H and O–H groups in total. The van der Waals surface area contributed by atoms with Gasteiger partial charge in [0.25, 0.3) is 11.5 Å². The summed E-state index contributed by atoms with van der Waals surface area (Å²) in [6.45, 7) is 5.71. The van der Waals surface area contributed by atoms with Crippen LogP contribution in [0.25, 0.3) is 5.65 Å². The van der Waals surface area contributed by atoms with Crippen LogP contribution in [0.1, 0.15) is 48.2 Å². The van der Waals surface area contributed by atoms with E-state index in [4.69, 9.17) is 0 Å². The highest BCUT2D eigenvalue weighted by atomic mass is 16.2. The quantitative estimate of drug-likeness (QED) is 0.784. The minimum Gasteiger partial charge on any atom is -0.339 e. The SMILES string of the molecule is CCC(=O)N1CCN(C(=O)c2cnn3c(C4CCNCC4)cc(=O)[nH]c23)CC1. The zero-order valence-electron chi connectivity index (χ0n) is 16.1. The zero-order chi connectivity index (χ0) is 19.7. The molecule has 0 spiro atoms. The van der Waals surface area contributed by atoms with Crippen molar-refractivity contribution in [1.82, 2.24) is 29.7 Å². The van der Waals surface area contributed by atoms with Gasteiger partial charge in [0.15, 0.2) is 0 Å². The van der Waals surface area contributed by atoms with Gasteiger partial charge in [0, 0.05) is 44.6 Å². The summed E-state index contributed by atoms with van der Waals surface area (Å²) in [6, 6.07) is 1.60. The molecule has 0 radical (unpaired) electrons. The van der Waals surface area contributed by atoms with Crippen LogP contribution < -0.4 is 10.9 Å². The summed E-state index contributed by atoms with van der Waals surface area (Å²) in [7, 11) is 0. The van der Waals surface area contributed by atoms with Crippen LogP contribution in [-0.4, -0.2) is 75.5 Å². The van der Waals surface area contributed by atoms with Crippen molar-refractivity contribution >= 4 is 17.5 Å². The van der Waals surface area contributed by atoms with Gasteiger partial charge in [-0.2, -0.15) is 5.10 Å². The number of H-pyrrole nitrogens is 1. The zero-order valence-corrected chi connectivity index (χ0v) is 16.1. The molecule has 4 heterocycles. The Morgan fingerprint density at radius 3 is 2.50 bits per heavy atom. The summed E-state index contributed by atoms with van der Waals surface area (Å²) >= 11 is 0. The van der Waals surface area contributed by atoms with Gasteiger partial charge in [0.1, 0.15) is 11.2 Å². The molecule has 150 valence electrons. The van der Waals surface area contributed by atoms with Gasteiger partial charge in [-0.05, 0) is 25.9 Å². The van der Waals surface area contributed by atoms with Crippen LogP contribution in [0.5, 0.6) is 0 Å². The van der Waals surface area contributed by atoms with E-state index in [-0.39, 0.29) is 23.3 Å². The fourth-order valence-corrected chi connectivity index (χ4v) is 4.13. The highest BCUT2D eigenvalue weighted by molar-refractivity contribution is 5.99. The van der Waals surface area contributed by atoms with Crippen molar-refractivity contribution in [1.29, 1.82) is 0 Å². The van der Waals surface area contributed by atoms with Gasteiger partial charge < -0.3 is 20.1 Å². The van der Waals surface area contributed by atoms with Gasteiger partial charge in [0.05, 0.1) is 11.9 Å². The molecule has 2 saturated heterocycles. The van der Waals surface area contributed by atoms with E-state index in [0.29, 0.717) is 43.8 Å². The Bertz CT molecular complexity index is 935. The van der Waals surface area contributed by atoms with E-state index in [1.54, 1.807) is 26.6 Å². The van der Waals surface area contributed by atoms with Crippen LogP contribution in [0, 0.1) is 0 Å². The number of carbonyl (C=O) groups is 2. The van der Waals surface area contributed by atoms with Crippen LogP contribution in [0.4, 0.5) is 0 Å². The minimum absolute atomic E-state index is 0.110.